The van der Waals surface area contributed by atoms with Crippen LogP contribution in [0.1, 0.15) is 33.1 Å². The van der Waals surface area contributed by atoms with Gasteiger partial charge in [-0.15, -0.1) is 0 Å². The van der Waals surface area contributed by atoms with Gasteiger partial charge in [0.1, 0.15) is 18.1 Å². The fourth-order valence-corrected chi connectivity index (χ4v) is 7.80. The van der Waals surface area contributed by atoms with E-state index in [0.29, 0.717) is 18.4 Å². The predicted octanol–water partition coefficient (Wildman–Crippen LogP) is 1.29. The number of hydrogen-bond donors (Lipinski definition) is 3. The Kier molecular flexibility index (Phi) is 3.74. The zero-order chi connectivity index (χ0) is 21.0. The summed E-state index contributed by atoms with van der Waals surface area (Å²) >= 11 is 0. The molecule has 2 saturated heterocycles. The Bertz CT molecular complexity index is 846. The third kappa shape index (κ3) is 1.89. The minimum atomic E-state index is -1.90. The van der Waals surface area contributed by atoms with Gasteiger partial charge < -0.3 is 24.8 Å². The number of aliphatic carboxylic acids is 1. The van der Waals surface area contributed by atoms with Gasteiger partial charge in [0.25, 0.3) is 0 Å². The first kappa shape index (κ1) is 19.4. The minimum absolute atomic E-state index is 0.220. The lowest BCUT2D eigenvalue weighted by Gasteiger charge is -2.73. The van der Waals surface area contributed by atoms with E-state index in [0.717, 1.165) is 6.42 Å². The molecular formula is C22H28O7. The first-order valence-electron chi connectivity index (χ1n) is 10.3. The van der Waals surface area contributed by atoms with Crippen LogP contribution in [-0.2, 0) is 19.1 Å². The van der Waals surface area contributed by atoms with Crippen molar-refractivity contribution >= 4 is 11.8 Å². The average molecular weight is 404 g/mol. The molecule has 158 valence electrons. The molecule has 4 bridgehead atoms. The summed E-state index contributed by atoms with van der Waals surface area (Å²) < 4.78 is 12.0. The fraction of sp³-hybridized carbons (Fsp3) is 0.727. The van der Waals surface area contributed by atoms with E-state index < -0.39 is 47.3 Å². The summed E-state index contributed by atoms with van der Waals surface area (Å²) in [6.45, 7) is 7.58. The molecule has 0 aromatic heterocycles. The molecule has 0 aromatic rings. The summed E-state index contributed by atoms with van der Waals surface area (Å²) in [6.07, 6.45) is 3.82. The molecule has 29 heavy (non-hydrogen) atoms. The van der Waals surface area contributed by atoms with E-state index in [2.05, 4.69) is 32.6 Å². The predicted molar refractivity (Wildman–Crippen MR) is 101 cm³/mol. The minimum Gasteiger partial charge on any atom is -0.480 e. The zero-order valence-corrected chi connectivity index (χ0v) is 16.8. The van der Waals surface area contributed by atoms with Crippen molar-refractivity contribution < 1.29 is 34.4 Å². The van der Waals surface area contributed by atoms with Crippen LogP contribution < -0.4 is 0 Å². The molecule has 6 aliphatic rings. The molecule has 2 aliphatic heterocycles. The maximum Gasteiger partial charge on any atom is 0.329 e. The monoisotopic (exact) mass is 404 g/mol. The van der Waals surface area contributed by atoms with Gasteiger partial charge in [-0.2, -0.15) is 0 Å². The Labute approximate surface area is 169 Å². The van der Waals surface area contributed by atoms with Crippen molar-refractivity contribution in [2.24, 2.45) is 34.0 Å². The highest BCUT2D eigenvalue weighted by Crippen LogP contribution is 2.76. The van der Waals surface area contributed by atoms with Crippen LogP contribution in [-0.4, -0.2) is 58.3 Å². The molecule has 7 heteroatoms. The summed E-state index contributed by atoms with van der Waals surface area (Å²) in [6, 6.07) is 0. The van der Waals surface area contributed by atoms with Crippen LogP contribution >= 0.6 is 0 Å². The second kappa shape index (κ2) is 5.58. The number of aliphatic hydroxyl groups is 2. The highest BCUT2D eigenvalue weighted by molar-refractivity contribution is 6.05. The molecular weight excluding hydrogens is 376 g/mol. The third-order valence-electron chi connectivity index (χ3n) is 8.65. The molecule has 3 N–H and O–H groups in total. The zero-order valence-electron chi connectivity index (χ0n) is 16.8. The molecule has 0 unspecified atom stereocenters. The van der Waals surface area contributed by atoms with Crippen LogP contribution in [0.2, 0.25) is 0 Å². The van der Waals surface area contributed by atoms with Gasteiger partial charge in [-0.3, -0.25) is 4.79 Å². The van der Waals surface area contributed by atoms with Gasteiger partial charge in [0.2, 0.25) is 5.79 Å². The van der Waals surface area contributed by atoms with E-state index in [-0.39, 0.29) is 29.6 Å². The second-order valence-corrected chi connectivity index (χ2v) is 10.2. The SMILES string of the molecule is C=C1C(=O)[C@]23[C@H](O)[C@H]1CC[C@H]2[C@]12C=CCC(C)(C)[C@H]1[C@H](O)[C@@]3(OCC(=O)O)OC2. The number of hydrogen-bond acceptors (Lipinski definition) is 6. The Morgan fingerprint density at radius 1 is 1.31 bits per heavy atom. The number of carbonyl (C=O) groups excluding carboxylic acids is 1. The van der Waals surface area contributed by atoms with Crippen LogP contribution in [0.4, 0.5) is 0 Å². The number of ether oxygens (including phenoxy) is 2. The average Bonchev–Trinajstić information content (AvgIpc) is 2.76. The van der Waals surface area contributed by atoms with E-state index in [4.69, 9.17) is 9.47 Å². The van der Waals surface area contributed by atoms with Gasteiger partial charge in [0.15, 0.2) is 5.78 Å². The van der Waals surface area contributed by atoms with Crippen LogP contribution in [0.3, 0.4) is 0 Å². The molecule has 0 aromatic carbocycles. The second-order valence-electron chi connectivity index (χ2n) is 10.2. The van der Waals surface area contributed by atoms with Gasteiger partial charge in [-0.05, 0) is 36.2 Å². The Morgan fingerprint density at radius 3 is 2.72 bits per heavy atom. The number of aliphatic hydroxyl groups excluding tert-OH is 2. The standard InChI is InChI=1S/C22H28O7/c1-11-12-5-6-13-20-8-4-7-19(2,3)15(20)18(27)22(29-10-20,28-9-14(23)24)21(13,16(11)25)17(12)26/h4,8,12-13,15,17-18,26-27H,1,5-7,9-10H2,2-3H3,(H,23,24)/t12-,13-,15+,17+,18-,20+,21-,22+/m0/s1. The number of carboxylic acid groups (broad SMARTS) is 1. The van der Waals surface area contributed by atoms with Gasteiger partial charge >= 0.3 is 5.97 Å². The summed E-state index contributed by atoms with van der Waals surface area (Å²) in [5.74, 6) is -4.51. The van der Waals surface area contributed by atoms with E-state index >= 15 is 0 Å². The summed E-state index contributed by atoms with van der Waals surface area (Å²) in [5, 5.41) is 32.4. The smallest absolute Gasteiger partial charge is 0.329 e. The number of fused-ring (bicyclic) bond motifs is 2. The number of allylic oxidation sites excluding steroid dienone is 1. The maximum absolute atomic E-state index is 13.7. The molecule has 3 saturated carbocycles. The van der Waals surface area contributed by atoms with Crippen molar-refractivity contribution in [1.82, 2.24) is 0 Å². The fourth-order valence-electron chi connectivity index (χ4n) is 7.80. The first-order valence-corrected chi connectivity index (χ1v) is 10.3. The number of rotatable bonds is 3. The lowest BCUT2D eigenvalue weighted by atomic mass is 9.37. The van der Waals surface area contributed by atoms with Crippen molar-refractivity contribution in [3.05, 3.63) is 24.3 Å². The molecule has 2 spiro atoms. The normalized spacial score (nSPS) is 51.7. The molecule has 4 aliphatic carbocycles. The molecule has 5 fully saturated rings. The molecule has 0 amide bonds. The molecule has 0 radical (unpaired) electrons. The van der Waals surface area contributed by atoms with Crippen LogP contribution in [0.5, 0.6) is 0 Å². The molecule has 6 rings (SSSR count). The van der Waals surface area contributed by atoms with Crippen molar-refractivity contribution in [3.63, 3.8) is 0 Å². The number of carboxylic acids is 1. The molecule has 2 heterocycles. The Hall–Kier alpha value is -1.54. The lowest BCUT2D eigenvalue weighted by molar-refractivity contribution is -0.446. The Morgan fingerprint density at radius 2 is 2.03 bits per heavy atom. The van der Waals surface area contributed by atoms with E-state index in [1.54, 1.807) is 0 Å². The quantitative estimate of drug-likeness (QED) is 0.480. The molecule has 7 nitrogen and oxygen atoms in total. The van der Waals surface area contributed by atoms with Crippen molar-refractivity contribution in [2.45, 2.75) is 51.1 Å². The summed E-state index contributed by atoms with van der Waals surface area (Å²) in [7, 11) is 0. The Balaban J connectivity index is 1.79. The van der Waals surface area contributed by atoms with E-state index in [1.807, 2.05) is 0 Å². The van der Waals surface area contributed by atoms with E-state index in [9.17, 15) is 24.9 Å². The lowest BCUT2D eigenvalue weighted by Crippen LogP contribution is -2.84. The number of Topliss-reactive ketones (excluding diaryl/α,β-unsaturated/α-hetero) is 1. The van der Waals surface area contributed by atoms with Gasteiger partial charge in [0, 0.05) is 17.3 Å². The van der Waals surface area contributed by atoms with Crippen LogP contribution in [0.25, 0.3) is 0 Å². The van der Waals surface area contributed by atoms with Gasteiger partial charge in [0.05, 0.1) is 12.7 Å². The van der Waals surface area contributed by atoms with Crippen molar-refractivity contribution in [3.8, 4) is 0 Å². The largest absolute Gasteiger partial charge is 0.480 e. The highest BCUT2D eigenvalue weighted by Gasteiger charge is 2.86. The molecule has 8 atom stereocenters. The van der Waals surface area contributed by atoms with Crippen molar-refractivity contribution in [2.75, 3.05) is 13.2 Å². The first-order chi connectivity index (χ1) is 13.6. The number of ketones is 1. The topological polar surface area (TPSA) is 113 Å². The summed E-state index contributed by atoms with van der Waals surface area (Å²) in [4.78, 5) is 25.0. The van der Waals surface area contributed by atoms with Crippen LogP contribution in [0, 0.1) is 34.0 Å². The van der Waals surface area contributed by atoms with E-state index in [1.165, 1.54) is 0 Å². The third-order valence-corrected chi connectivity index (χ3v) is 8.65. The van der Waals surface area contributed by atoms with Gasteiger partial charge in [-0.1, -0.05) is 32.6 Å². The maximum atomic E-state index is 13.7. The van der Waals surface area contributed by atoms with Crippen molar-refractivity contribution in [1.29, 1.82) is 0 Å². The highest BCUT2D eigenvalue weighted by atomic mass is 16.7. The van der Waals surface area contributed by atoms with Gasteiger partial charge in [-0.25, -0.2) is 4.79 Å². The van der Waals surface area contributed by atoms with Crippen LogP contribution in [0.15, 0.2) is 24.3 Å². The summed E-state index contributed by atoms with van der Waals surface area (Å²) in [5.41, 5.74) is -2.15. The number of carbonyl (C=O) groups is 2.